The number of nitrogens with zero attached hydrogens (tertiary/aromatic N) is 8. The molecule has 0 saturated carbocycles. The molecule has 0 radical (unpaired) electrons. The zero-order valence-corrected chi connectivity index (χ0v) is 24.1. The predicted octanol–water partition coefficient (Wildman–Crippen LogP) is 9.30. The molecule has 0 saturated heterocycles. The highest BCUT2D eigenvalue weighted by Gasteiger charge is 2.05. The summed E-state index contributed by atoms with van der Waals surface area (Å²) >= 11 is 0. The molecule has 4 aromatic carbocycles. The van der Waals surface area contributed by atoms with Gasteiger partial charge in [0.25, 0.3) is 0 Å². The van der Waals surface area contributed by atoms with Crippen molar-refractivity contribution in [1.29, 1.82) is 0 Å². The van der Waals surface area contributed by atoms with Crippen LogP contribution in [0, 0.1) is 5.82 Å². The first-order chi connectivity index (χ1) is 20.8. The van der Waals surface area contributed by atoms with Gasteiger partial charge in [0.05, 0.1) is 35.0 Å². The van der Waals surface area contributed by atoms with E-state index in [1.165, 1.54) is 12.1 Å². The number of benzene rings is 4. The summed E-state index contributed by atoms with van der Waals surface area (Å²) in [6.45, 7) is 4.18. The number of carbonyl (C=O) groups excluding carboxylic acids is 1. The van der Waals surface area contributed by atoms with Gasteiger partial charge in [-0.3, -0.25) is 0 Å². The zero-order chi connectivity index (χ0) is 30.6. The highest BCUT2D eigenvalue weighted by atomic mass is 19.1. The normalized spacial score (nSPS) is 11.3. The van der Waals surface area contributed by atoms with E-state index in [1.54, 1.807) is 30.3 Å². The van der Waals surface area contributed by atoms with Crippen LogP contribution in [0.5, 0.6) is 0 Å². The van der Waals surface area contributed by atoms with E-state index in [0.717, 1.165) is 17.5 Å². The number of carbonyl (C=O) groups is 1. The van der Waals surface area contributed by atoms with E-state index in [0.29, 0.717) is 35.0 Å². The Bertz CT molecular complexity index is 1620. The number of anilines is 2. The Morgan fingerprint density at radius 3 is 1.63 bits per heavy atom. The Hall–Kier alpha value is -5.58. The summed E-state index contributed by atoms with van der Waals surface area (Å²) in [6.07, 6.45) is 1.14. The molecule has 0 unspecified atom stereocenters. The topological polar surface area (TPSA) is 107 Å². The summed E-state index contributed by atoms with van der Waals surface area (Å²) in [5.74, 6) is -0.996. The Kier molecular flexibility index (Phi) is 10.5. The van der Waals surface area contributed by atoms with E-state index in [4.69, 9.17) is 4.74 Å². The van der Waals surface area contributed by atoms with Gasteiger partial charge < -0.3 is 14.5 Å². The number of hydrogen-bond donors (Lipinski definition) is 0. The largest absolute Gasteiger partial charge is 0.461 e. The lowest BCUT2D eigenvalue weighted by Crippen LogP contribution is -2.23. The van der Waals surface area contributed by atoms with Crippen LogP contribution in [-0.4, -0.2) is 40.3 Å². The SMILES string of the molecule is C=CC(=O)OCCN(C)c1ccc(N=Nc2ccc(N=Nc3ccc(N=Nc4ccc(N(C)C)cc4)cc3F)cc2)cc1. The molecule has 0 atom stereocenters. The molecule has 0 aliphatic heterocycles. The van der Waals surface area contributed by atoms with E-state index in [9.17, 15) is 9.18 Å². The van der Waals surface area contributed by atoms with Gasteiger partial charge in [0, 0.05) is 44.7 Å². The molecule has 4 aromatic rings. The van der Waals surface area contributed by atoms with Crippen molar-refractivity contribution in [3.63, 3.8) is 0 Å². The lowest BCUT2D eigenvalue weighted by Gasteiger charge is -2.18. The van der Waals surface area contributed by atoms with Crippen LogP contribution in [0.1, 0.15) is 0 Å². The van der Waals surface area contributed by atoms with E-state index < -0.39 is 11.8 Å². The van der Waals surface area contributed by atoms with Crippen LogP contribution >= 0.6 is 0 Å². The molecule has 0 spiro atoms. The molecule has 0 heterocycles. The smallest absolute Gasteiger partial charge is 0.330 e. The first kappa shape index (κ1) is 30.4. The van der Waals surface area contributed by atoms with Crippen molar-refractivity contribution >= 4 is 51.5 Å². The Morgan fingerprint density at radius 2 is 1.14 bits per heavy atom. The highest BCUT2D eigenvalue weighted by Crippen LogP contribution is 2.28. The van der Waals surface area contributed by atoms with Crippen molar-refractivity contribution in [2.45, 2.75) is 0 Å². The summed E-state index contributed by atoms with van der Waals surface area (Å²) in [5.41, 5.74) is 4.97. The summed E-state index contributed by atoms with van der Waals surface area (Å²) in [6, 6.07) is 26.4. The van der Waals surface area contributed by atoms with Crippen molar-refractivity contribution in [2.24, 2.45) is 30.7 Å². The quantitative estimate of drug-likeness (QED) is 0.0948. The van der Waals surface area contributed by atoms with E-state index in [-0.39, 0.29) is 12.3 Å². The third-order valence-corrected chi connectivity index (χ3v) is 6.11. The fourth-order valence-electron chi connectivity index (χ4n) is 3.63. The van der Waals surface area contributed by atoms with Gasteiger partial charge in [0.1, 0.15) is 12.3 Å². The maximum absolute atomic E-state index is 14.6. The summed E-state index contributed by atoms with van der Waals surface area (Å²) in [7, 11) is 5.82. The monoisotopic (exact) mass is 578 g/mol. The molecule has 0 fully saturated rings. The van der Waals surface area contributed by atoms with Gasteiger partial charge in [0.15, 0.2) is 5.82 Å². The lowest BCUT2D eigenvalue weighted by molar-refractivity contribution is -0.137. The van der Waals surface area contributed by atoms with Crippen molar-refractivity contribution in [3.05, 3.63) is 109 Å². The molecule has 0 aromatic heterocycles. The molecule has 43 heavy (non-hydrogen) atoms. The van der Waals surface area contributed by atoms with Gasteiger partial charge in [-0.15, -0.1) is 5.11 Å². The minimum atomic E-state index is -0.554. The van der Waals surface area contributed by atoms with Crippen LogP contribution in [0.2, 0.25) is 0 Å². The number of hydrogen-bond acceptors (Lipinski definition) is 10. The first-order valence-electron chi connectivity index (χ1n) is 13.3. The van der Waals surface area contributed by atoms with E-state index in [1.807, 2.05) is 79.5 Å². The van der Waals surface area contributed by atoms with Crippen molar-refractivity contribution < 1.29 is 13.9 Å². The van der Waals surface area contributed by atoms with Gasteiger partial charge in [-0.05, 0) is 84.9 Å². The minimum absolute atomic E-state index is 0.0879. The molecule has 11 heteroatoms. The number of rotatable bonds is 12. The van der Waals surface area contributed by atoms with Crippen molar-refractivity contribution in [3.8, 4) is 0 Å². The predicted molar refractivity (Wildman–Crippen MR) is 167 cm³/mol. The standard InChI is InChI=1S/C32H31FN8O2/c1-5-32(42)43-21-20-41(4)29-17-12-26(13-18-29)35-34-23-6-8-24(9-7-23)37-39-31-19-14-27(22-30(31)33)38-36-25-10-15-28(16-11-25)40(2)3/h5-19,22H,1,20-21H2,2-4H3. The molecular weight excluding hydrogens is 547 g/mol. The third kappa shape index (κ3) is 9.22. The fourth-order valence-corrected chi connectivity index (χ4v) is 3.63. The van der Waals surface area contributed by atoms with E-state index >= 15 is 0 Å². The second-order valence-corrected chi connectivity index (χ2v) is 9.47. The third-order valence-electron chi connectivity index (χ3n) is 6.11. The number of azo groups is 3. The van der Waals surface area contributed by atoms with E-state index in [2.05, 4.69) is 37.3 Å². The number of likely N-dealkylation sites (N-methyl/N-ethyl adjacent to an activating group) is 1. The second-order valence-electron chi connectivity index (χ2n) is 9.47. The molecule has 0 aliphatic rings. The van der Waals surface area contributed by atoms with Crippen LogP contribution in [0.15, 0.2) is 134 Å². The number of ether oxygens (including phenoxy) is 1. The molecule has 218 valence electrons. The molecule has 0 N–H and O–H groups in total. The van der Waals surface area contributed by atoms with Crippen LogP contribution < -0.4 is 9.80 Å². The van der Waals surface area contributed by atoms with Gasteiger partial charge >= 0.3 is 5.97 Å². The molecule has 10 nitrogen and oxygen atoms in total. The summed E-state index contributed by atoms with van der Waals surface area (Å²) in [4.78, 5) is 15.1. The van der Waals surface area contributed by atoms with Gasteiger partial charge in [-0.25, -0.2) is 9.18 Å². The molecular formula is C32H31FN8O2. The first-order valence-corrected chi connectivity index (χ1v) is 13.3. The minimum Gasteiger partial charge on any atom is -0.461 e. The van der Waals surface area contributed by atoms with Crippen LogP contribution in [-0.2, 0) is 9.53 Å². The van der Waals surface area contributed by atoms with Gasteiger partial charge in [0.2, 0.25) is 0 Å². The number of halogens is 1. The zero-order valence-electron chi connectivity index (χ0n) is 24.1. The summed E-state index contributed by atoms with van der Waals surface area (Å²) < 4.78 is 19.6. The Morgan fingerprint density at radius 1 is 0.698 bits per heavy atom. The van der Waals surface area contributed by atoms with Crippen LogP contribution in [0.25, 0.3) is 0 Å². The van der Waals surface area contributed by atoms with Gasteiger partial charge in [-0.2, -0.15) is 25.6 Å². The molecule has 0 bridgehead atoms. The maximum atomic E-state index is 14.6. The van der Waals surface area contributed by atoms with Crippen molar-refractivity contribution in [1.82, 2.24) is 0 Å². The average molecular weight is 579 g/mol. The fraction of sp³-hybridized carbons (Fsp3) is 0.156. The van der Waals surface area contributed by atoms with Crippen molar-refractivity contribution in [2.75, 3.05) is 44.1 Å². The molecule has 0 amide bonds. The average Bonchev–Trinajstić information content (AvgIpc) is 3.03. The Labute approximate surface area is 249 Å². The van der Waals surface area contributed by atoms with Crippen LogP contribution in [0.4, 0.5) is 49.9 Å². The van der Waals surface area contributed by atoms with Gasteiger partial charge in [-0.1, -0.05) is 6.58 Å². The highest BCUT2D eigenvalue weighted by molar-refractivity contribution is 5.81. The van der Waals surface area contributed by atoms with Crippen LogP contribution in [0.3, 0.4) is 0 Å². The summed E-state index contributed by atoms with van der Waals surface area (Å²) in [5, 5.41) is 24.9. The maximum Gasteiger partial charge on any atom is 0.330 e. The lowest BCUT2D eigenvalue weighted by atomic mass is 10.2. The molecule has 4 rings (SSSR count). The Balaban J connectivity index is 1.30. The second kappa shape index (κ2) is 14.9. The number of esters is 1. The molecule has 0 aliphatic carbocycles.